The number of nitrogens with zero attached hydrogens (tertiary/aromatic N) is 1. The maximum Gasteiger partial charge on any atom is 0.262 e. The highest BCUT2D eigenvalue weighted by molar-refractivity contribution is 6.00. The maximum atomic E-state index is 12.1. The zero-order valence-corrected chi connectivity index (χ0v) is 10.5. The Balaban J connectivity index is 4.86. The van der Waals surface area contributed by atoms with Crippen molar-refractivity contribution in [3.63, 3.8) is 0 Å². The van der Waals surface area contributed by atoms with Gasteiger partial charge in [-0.25, -0.2) is 0 Å². The molecule has 5 heteroatoms. The third kappa shape index (κ3) is 3.28. The predicted octanol–water partition coefficient (Wildman–Crippen LogP) is 0.823. The van der Waals surface area contributed by atoms with Crippen molar-refractivity contribution < 1.29 is 19.1 Å². The van der Waals surface area contributed by atoms with E-state index in [1.165, 1.54) is 7.11 Å². The molecule has 0 heterocycles. The van der Waals surface area contributed by atoms with Gasteiger partial charge in [-0.1, -0.05) is 6.92 Å². The van der Waals surface area contributed by atoms with Crippen LogP contribution in [0.1, 0.15) is 27.2 Å². The summed E-state index contributed by atoms with van der Waals surface area (Å²) in [5, 5.41) is 0. The van der Waals surface area contributed by atoms with Gasteiger partial charge in [0, 0.05) is 20.2 Å². The summed E-state index contributed by atoms with van der Waals surface area (Å²) in [5.41, 5.74) is -1.40. The lowest BCUT2D eigenvalue weighted by Crippen LogP contribution is -2.52. The molecule has 0 radical (unpaired) electrons. The van der Waals surface area contributed by atoms with Crippen LogP contribution >= 0.6 is 0 Å². The Morgan fingerprint density at radius 2 is 1.88 bits per heavy atom. The number of rotatable bonds is 8. The van der Waals surface area contributed by atoms with Crippen LogP contribution in [-0.4, -0.2) is 49.7 Å². The van der Waals surface area contributed by atoms with E-state index in [-0.39, 0.29) is 12.7 Å². The molecule has 0 spiro atoms. The van der Waals surface area contributed by atoms with Gasteiger partial charge in [0.1, 0.15) is 6.79 Å². The van der Waals surface area contributed by atoms with Crippen molar-refractivity contribution in [3.05, 3.63) is 0 Å². The van der Waals surface area contributed by atoms with Gasteiger partial charge in [0.2, 0.25) is 5.60 Å². The van der Waals surface area contributed by atoms with E-state index in [1.807, 2.05) is 13.8 Å². The van der Waals surface area contributed by atoms with Crippen LogP contribution in [0.4, 0.5) is 0 Å². The van der Waals surface area contributed by atoms with E-state index in [4.69, 9.17) is 9.47 Å². The second kappa shape index (κ2) is 7.35. The highest BCUT2D eigenvalue weighted by Crippen LogP contribution is 2.17. The number of hydrogen-bond donors (Lipinski definition) is 0. The molecule has 0 aromatic carbocycles. The lowest BCUT2D eigenvalue weighted by atomic mass is 10.0. The van der Waals surface area contributed by atoms with Crippen molar-refractivity contribution >= 4 is 12.2 Å². The van der Waals surface area contributed by atoms with Gasteiger partial charge in [0.15, 0.2) is 6.29 Å². The minimum atomic E-state index is -1.40. The third-order valence-corrected chi connectivity index (χ3v) is 2.56. The standard InChI is InChI=1S/C11H21NO4/c1-5-11(8-13,16-9-15-4)10(14)12(6-2)7-3/h8H,5-7,9H2,1-4H3. The molecule has 0 aliphatic carbocycles. The molecule has 0 aromatic rings. The Morgan fingerprint density at radius 3 is 2.19 bits per heavy atom. The van der Waals surface area contributed by atoms with Gasteiger partial charge < -0.3 is 14.4 Å². The Hall–Kier alpha value is -0.940. The van der Waals surface area contributed by atoms with Gasteiger partial charge in [-0.3, -0.25) is 9.59 Å². The van der Waals surface area contributed by atoms with Crippen molar-refractivity contribution in [2.45, 2.75) is 32.8 Å². The van der Waals surface area contributed by atoms with Gasteiger partial charge in [-0.2, -0.15) is 0 Å². The van der Waals surface area contributed by atoms with Crippen LogP contribution in [0.5, 0.6) is 0 Å². The van der Waals surface area contributed by atoms with Crippen LogP contribution < -0.4 is 0 Å². The van der Waals surface area contributed by atoms with Crippen molar-refractivity contribution in [1.29, 1.82) is 0 Å². The molecular formula is C11H21NO4. The Bertz CT molecular complexity index is 228. The van der Waals surface area contributed by atoms with E-state index in [0.29, 0.717) is 25.8 Å². The normalized spacial score (nSPS) is 14.2. The quantitative estimate of drug-likeness (QED) is 0.352. The SMILES string of the molecule is CCN(CC)C(=O)C(C=O)(CC)OCOC. The molecule has 94 valence electrons. The summed E-state index contributed by atoms with van der Waals surface area (Å²) in [6, 6.07) is 0. The van der Waals surface area contributed by atoms with Crippen molar-refractivity contribution in [2.75, 3.05) is 27.0 Å². The summed E-state index contributed by atoms with van der Waals surface area (Å²) in [5.74, 6) is -0.299. The van der Waals surface area contributed by atoms with Gasteiger partial charge in [-0.15, -0.1) is 0 Å². The van der Waals surface area contributed by atoms with E-state index in [2.05, 4.69) is 0 Å². The molecule has 5 nitrogen and oxygen atoms in total. The zero-order valence-electron chi connectivity index (χ0n) is 10.5. The van der Waals surface area contributed by atoms with Crippen LogP contribution in [0, 0.1) is 0 Å². The summed E-state index contributed by atoms with van der Waals surface area (Å²) in [4.78, 5) is 24.8. The average Bonchev–Trinajstić information content (AvgIpc) is 2.33. The minimum Gasteiger partial charge on any atom is -0.359 e. The van der Waals surface area contributed by atoms with Gasteiger partial charge >= 0.3 is 0 Å². The lowest BCUT2D eigenvalue weighted by Gasteiger charge is -2.31. The number of hydrogen-bond acceptors (Lipinski definition) is 4. The number of ether oxygens (including phenoxy) is 2. The Kier molecular flexibility index (Phi) is 6.92. The molecule has 0 aromatic heterocycles. The summed E-state index contributed by atoms with van der Waals surface area (Å²) in [6.45, 7) is 6.51. The number of carbonyl (C=O) groups excluding carboxylic acids is 2. The second-order valence-corrected chi connectivity index (χ2v) is 3.39. The molecule has 0 fully saturated rings. The molecule has 0 aliphatic heterocycles. The molecule has 0 bridgehead atoms. The van der Waals surface area contributed by atoms with Crippen LogP contribution in [-0.2, 0) is 19.1 Å². The van der Waals surface area contributed by atoms with Crippen molar-refractivity contribution in [1.82, 2.24) is 4.90 Å². The molecule has 1 amide bonds. The van der Waals surface area contributed by atoms with Gasteiger partial charge in [0.25, 0.3) is 5.91 Å². The fourth-order valence-corrected chi connectivity index (χ4v) is 1.43. The molecule has 0 N–H and O–H groups in total. The van der Waals surface area contributed by atoms with E-state index >= 15 is 0 Å². The molecular weight excluding hydrogens is 210 g/mol. The van der Waals surface area contributed by atoms with Crippen LogP contribution in [0.25, 0.3) is 0 Å². The topological polar surface area (TPSA) is 55.8 Å². The van der Waals surface area contributed by atoms with E-state index < -0.39 is 5.60 Å². The van der Waals surface area contributed by atoms with Gasteiger partial charge in [0.05, 0.1) is 0 Å². The molecule has 0 saturated heterocycles. The predicted molar refractivity (Wildman–Crippen MR) is 60.0 cm³/mol. The molecule has 1 unspecified atom stereocenters. The number of amides is 1. The molecule has 16 heavy (non-hydrogen) atoms. The summed E-state index contributed by atoms with van der Waals surface area (Å²) in [7, 11) is 1.45. The fourth-order valence-electron chi connectivity index (χ4n) is 1.43. The lowest BCUT2D eigenvalue weighted by molar-refractivity contribution is -0.175. The summed E-state index contributed by atoms with van der Waals surface area (Å²) < 4.78 is 9.99. The number of carbonyl (C=O) groups is 2. The van der Waals surface area contributed by atoms with Gasteiger partial charge in [-0.05, 0) is 20.3 Å². The molecule has 0 saturated carbocycles. The van der Waals surface area contributed by atoms with Crippen LogP contribution in [0.3, 0.4) is 0 Å². The summed E-state index contributed by atoms with van der Waals surface area (Å²) in [6.07, 6.45) is 0.863. The van der Waals surface area contributed by atoms with E-state index in [0.717, 1.165) is 0 Å². The Morgan fingerprint density at radius 1 is 1.31 bits per heavy atom. The first-order valence-corrected chi connectivity index (χ1v) is 5.50. The highest BCUT2D eigenvalue weighted by Gasteiger charge is 2.40. The first-order valence-electron chi connectivity index (χ1n) is 5.50. The maximum absolute atomic E-state index is 12.1. The molecule has 0 rings (SSSR count). The minimum absolute atomic E-state index is 0.0699. The monoisotopic (exact) mass is 231 g/mol. The highest BCUT2D eigenvalue weighted by atomic mass is 16.7. The first kappa shape index (κ1) is 15.1. The second-order valence-electron chi connectivity index (χ2n) is 3.39. The first-order chi connectivity index (χ1) is 7.61. The van der Waals surface area contributed by atoms with Crippen molar-refractivity contribution in [2.24, 2.45) is 0 Å². The average molecular weight is 231 g/mol. The van der Waals surface area contributed by atoms with E-state index in [9.17, 15) is 9.59 Å². The summed E-state index contributed by atoms with van der Waals surface area (Å²) >= 11 is 0. The third-order valence-electron chi connectivity index (χ3n) is 2.56. The van der Waals surface area contributed by atoms with E-state index in [1.54, 1.807) is 11.8 Å². The number of likely N-dealkylation sites (N-methyl/N-ethyl adjacent to an activating group) is 1. The zero-order chi connectivity index (χ0) is 12.6. The van der Waals surface area contributed by atoms with Crippen molar-refractivity contribution in [3.8, 4) is 0 Å². The molecule has 0 aliphatic rings. The Labute approximate surface area is 96.7 Å². The van der Waals surface area contributed by atoms with Crippen LogP contribution in [0.15, 0.2) is 0 Å². The smallest absolute Gasteiger partial charge is 0.262 e. The largest absolute Gasteiger partial charge is 0.359 e. The fraction of sp³-hybridized carbons (Fsp3) is 0.818. The number of methoxy groups -OCH3 is 1. The number of aldehydes is 1. The van der Waals surface area contributed by atoms with Crippen LogP contribution in [0.2, 0.25) is 0 Å². The molecule has 1 atom stereocenters.